The highest BCUT2D eigenvalue weighted by Crippen LogP contribution is 2.55. The maximum absolute atomic E-state index is 12.5. The highest BCUT2D eigenvalue weighted by Gasteiger charge is 2.57. The van der Waals surface area contributed by atoms with Gasteiger partial charge in [0.05, 0.1) is 0 Å². The van der Waals surface area contributed by atoms with Crippen molar-refractivity contribution in [3.05, 3.63) is 0 Å². The second-order valence-corrected chi connectivity index (χ2v) is 10.1. The Balaban J connectivity index is 1.32. The molecule has 3 saturated carbocycles. The van der Waals surface area contributed by atoms with Crippen LogP contribution in [0.4, 0.5) is 0 Å². The largest absolute Gasteiger partial charge is 0.338 e. The van der Waals surface area contributed by atoms with Crippen molar-refractivity contribution in [1.82, 2.24) is 9.62 Å². The molecule has 4 aliphatic rings. The van der Waals surface area contributed by atoms with Crippen LogP contribution in [0, 0.1) is 23.7 Å². The summed E-state index contributed by atoms with van der Waals surface area (Å²) in [6, 6.07) is 0.377. The first-order valence-corrected chi connectivity index (χ1v) is 10.9. The molecule has 4 fully saturated rings. The molecule has 6 heteroatoms. The monoisotopic (exact) mass is 340 g/mol. The summed E-state index contributed by atoms with van der Waals surface area (Å²) in [5.74, 6) is 2.24. The number of fused-ring (bicyclic) bond motifs is 5. The zero-order valence-corrected chi connectivity index (χ0v) is 14.7. The molecule has 0 spiro atoms. The summed E-state index contributed by atoms with van der Waals surface area (Å²) >= 11 is 0. The van der Waals surface area contributed by atoms with Gasteiger partial charge in [0.25, 0.3) is 0 Å². The van der Waals surface area contributed by atoms with Crippen molar-refractivity contribution in [1.29, 1.82) is 0 Å². The van der Waals surface area contributed by atoms with Crippen LogP contribution in [0.3, 0.4) is 0 Å². The SMILES string of the molecule is CC1CCC(NS(=O)(=O)CC(=O)N2C[C@@H]3[C@H]4CC[C@@H](C4)[C@@H]32)CC1. The number of nitrogens with zero attached hydrogens (tertiary/aromatic N) is 1. The highest BCUT2D eigenvalue weighted by atomic mass is 32.2. The number of carbonyl (C=O) groups is 1. The summed E-state index contributed by atoms with van der Waals surface area (Å²) < 4.78 is 27.4. The zero-order chi connectivity index (χ0) is 16.2. The molecule has 0 aromatic carbocycles. The lowest BCUT2D eigenvalue weighted by atomic mass is 9.77. The molecular weight excluding hydrogens is 312 g/mol. The van der Waals surface area contributed by atoms with Crippen molar-refractivity contribution in [2.75, 3.05) is 12.3 Å². The van der Waals surface area contributed by atoms with Crippen LogP contribution in [0.1, 0.15) is 51.9 Å². The second-order valence-electron chi connectivity index (χ2n) is 8.37. The van der Waals surface area contributed by atoms with Gasteiger partial charge in [0.15, 0.2) is 0 Å². The molecule has 1 aliphatic heterocycles. The molecule has 0 aromatic rings. The fourth-order valence-corrected chi connectivity index (χ4v) is 6.84. The van der Waals surface area contributed by atoms with Crippen molar-refractivity contribution < 1.29 is 13.2 Å². The van der Waals surface area contributed by atoms with Gasteiger partial charge >= 0.3 is 0 Å². The van der Waals surface area contributed by atoms with Crippen molar-refractivity contribution >= 4 is 15.9 Å². The van der Waals surface area contributed by atoms with Crippen molar-refractivity contribution in [3.8, 4) is 0 Å². The third-order valence-corrected chi connectivity index (χ3v) is 8.12. The van der Waals surface area contributed by atoms with Gasteiger partial charge in [-0.05, 0) is 62.7 Å². The summed E-state index contributed by atoms with van der Waals surface area (Å²) in [6.45, 7) is 3.00. The van der Waals surface area contributed by atoms with Gasteiger partial charge in [-0.15, -0.1) is 0 Å². The van der Waals surface area contributed by atoms with E-state index in [9.17, 15) is 13.2 Å². The van der Waals surface area contributed by atoms with Crippen LogP contribution in [0.5, 0.6) is 0 Å². The molecule has 0 aromatic heterocycles. The predicted molar refractivity (Wildman–Crippen MR) is 88.2 cm³/mol. The van der Waals surface area contributed by atoms with E-state index >= 15 is 0 Å². The van der Waals surface area contributed by atoms with E-state index in [-0.39, 0.29) is 17.7 Å². The lowest BCUT2D eigenvalue weighted by Gasteiger charge is -2.50. The van der Waals surface area contributed by atoms with Crippen LogP contribution in [0.15, 0.2) is 0 Å². The smallest absolute Gasteiger partial charge is 0.239 e. The number of sulfonamides is 1. The van der Waals surface area contributed by atoms with Gasteiger partial charge in [0.1, 0.15) is 5.75 Å². The van der Waals surface area contributed by atoms with Gasteiger partial charge < -0.3 is 4.90 Å². The van der Waals surface area contributed by atoms with Crippen LogP contribution in [0.25, 0.3) is 0 Å². The van der Waals surface area contributed by atoms with Crippen molar-refractivity contribution in [2.45, 2.75) is 64.0 Å². The lowest BCUT2D eigenvalue weighted by molar-refractivity contribution is -0.143. The van der Waals surface area contributed by atoms with Gasteiger partial charge in [-0.3, -0.25) is 4.79 Å². The highest BCUT2D eigenvalue weighted by molar-refractivity contribution is 7.90. The van der Waals surface area contributed by atoms with Crippen LogP contribution in [-0.2, 0) is 14.8 Å². The van der Waals surface area contributed by atoms with Crippen LogP contribution < -0.4 is 4.72 Å². The Hall–Kier alpha value is -0.620. The van der Waals surface area contributed by atoms with E-state index in [4.69, 9.17) is 0 Å². The third kappa shape index (κ3) is 2.93. The molecule has 2 bridgehead atoms. The van der Waals surface area contributed by atoms with Gasteiger partial charge in [-0.25, -0.2) is 13.1 Å². The number of amides is 1. The molecule has 0 unspecified atom stereocenters. The van der Waals surface area contributed by atoms with Crippen molar-refractivity contribution in [2.24, 2.45) is 23.7 Å². The molecule has 1 amide bonds. The molecular formula is C17H28N2O3S. The Kier molecular flexibility index (Phi) is 3.95. The van der Waals surface area contributed by atoms with Gasteiger partial charge in [-0.1, -0.05) is 6.92 Å². The minimum atomic E-state index is -3.50. The Morgan fingerprint density at radius 3 is 2.48 bits per heavy atom. The number of hydrogen-bond donors (Lipinski definition) is 1. The summed E-state index contributed by atoms with van der Waals surface area (Å²) in [6.07, 6.45) is 7.72. The molecule has 1 heterocycles. The summed E-state index contributed by atoms with van der Waals surface area (Å²) in [7, 11) is -3.50. The maximum atomic E-state index is 12.5. The minimum absolute atomic E-state index is 0.0237. The standard InChI is InChI=1S/C17H28N2O3S/c1-11-2-6-14(7-3-11)18-23(21,22)10-16(20)19-9-15-12-4-5-13(8-12)17(15)19/h11-15,17-18H,2-10H2,1H3/t11?,12-,13-,14?,15+,17-/m0/s1. The third-order valence-electron chi connectivity index (χ3n) is 6.80. The van der Waals surface area contributed by atoms with E-state index in [1.54, 1.807) is 0 Å². The molecule has 3 aliphatic carbocycles. The normalized spacial score (nSPS) is 42.4. The Labute approximate surface area is 139 Å². The van der Waals surface area contributed by atoms with Gasteiger partial charge in [-0.2, -0.15) is 0 Å². The Morgan fingerprint density at radius 1 is 1.09 bits per heavy atom. The molecule has 23 heavy (non-hydrogen) atoms. The Bertz CT molecular complexity index is 581. The molecule has 1 saturated heterocycles. The van der Waals surface area contributed by atoms with Gasteiger partial charge in [0, 0.05) is 24.5 Å². The Morgan fingerprint density at radius 2 is 1.78 bits per heavy atom. The number of hydrogen-bond acceptors (Lipinski definition) is 3. The fraction of sp³-hybridized carbons (Fsp3) is 0.941. The maximum Gasteiger partial charge on any atom is 0.239 e. The second kappa shape index (κ2) is 5.73. The topological polar surface area (TPSA) is 66.5 Å². The summed E-state index contributed by atoms with van der Waals surface area (Å²) in [4.78, 5) is 14.3. The predicted octanol–water partition coefficient (Wildman–Crippen LogP) is 1.74. The average Bonchev–Trinajstić information content (AvgIpc) is 2.97. The summed E-state index contributed by atoms with van der Waals surface area (Å²) in [5.41, 5.74) is 0. The number of carbonyl (C=O) groups excluding carboxylic acids is 1. The van der Waals surface area contributed by atoms with Crippen LogP contribution in [0.2, 0.25) is 0 Å². The van der Waals surface area contributed by atoms with E-state index in [0.29, 0.717) is 23.8 Å². The van der Waals surface area contributed by atoms with E-state index in [0.717, 1.165) is 38.1 Å². The van der Waals surface area contributed by atoms with Crippen LogP contribution >= 0.6 is 0 Å². The quantitative estimate of drug-likeness (QED) is 0.848. The first-order valence-electron chi connectivity index (χ1n) is 9.22. The fourth-order valence-electron chi connectivity index (χ4n) is 5.52. The average molecular weight is 340 g/mol. The van der Waals surface area contributed by atoms with E-state index < -0.39 is 10.0 Å². The molecule has 130 valence electrons. The lowest BCUT2D eigenvalue weighted by Crippen LogP contribution is -2.62. The molecule has 5 nitrogen and oxygen atoms in total. The molecule has 4 rings (SSSR count). The number of rotatable bonds is 4. The van der Waals surface area contributed by atoms with E-state index in [1.165, 1.54) is 19.3 Å². The first-order chi connectivity index (χ1) is 10.9. The van der Waals surface area contributed by atoms with Crippen molar-refractivity contribution in [3.63, 3.8) is 0 Å². The zero-order valence-electron chi connectivity index (χ0n) is 13.9. The van der Waals surface area contributed by atoms with E-state index in [1.807, 2.05) is 4.90 Å². The molecule has 4 atom stereocenters. The minimum Gasteiger partial charge on any atom is -0.338 e. The molecule has 0 radical (unpaired) electrons. The van der Waals surface area contributed by atoms with Gasteiger partial charge in [0.2, 0.25) is 15.9 Å². The van der Waals surface area contributed by atoms with E-state index in [2.05, 4.69) is 11.6 Å². The van der Waals surface area contributed by atoms with Crippen LogP contribution in [-0.4, -0.2) is 43.6 Å². The molecule has 1 N–H and O–H groups in total. The number of likely N-dealkylation sites (tertiary alicyclic amines) is 1. The number of nitrogens with one attached hydrogen (secondary N) is 1. The first kappa shape index (κ1) is 15.9. The summed E-state index contributed by atoms with van der Waals surface area (Å²) in [5, 5.41) is 0.